The molecule has 0 saturated heterocycles. The van der Waals surface area contributed by atoms with Crippen molar-refractivity contribution in [3.05, 3.63) is 62.6 Å². The molecule has 2 heterocycles. The summed E-state index contributed by atoms with van der Waals surface area (Å²) in [4.78, 5) is 26.2. The summed E-state index contributed by atoms with van der Waals surface area (Å²) in [7, 11) is 0. The standard InChI is InChI=1S/C18H15BrN6O3/c19-14-5-3-12(4-6-14)18-20-22-24(21-18)11-17(26)23-9-1-2-13-10-15(25(27)28)7-8-16(13)23/h3-8,10H,1-2,9,11H2. The molecular weight excluding hydrogens is 428 g/mol. The minimum Gasteiger partial charge on any atom is -0.310 e. The molecule has 9 nitrogen and oxygen atoms in total. The maximum Gasteiger partial charge on any atom is 0.269 e. The molecule has 0 atom stereocenters. The Balaban J connectivity index is 1.52. The van der Waals surface area contributed by atoms with Gasteiger partial charge in [0.05, 0.1) is 4.92 Å². The van der Waals surface area contributed by atoms with Crippen molar-refractivity contribution in [1.29, 1.82) is 0 Å². The first-order valence-electron chi connectivity index (χ1n) is 8.63. The van der Waals surface area contributed by atoms with E-state index in [0.717, 1.165) is 22.0 Å². The van der Waals surface area contributed by atoms with E-state index in [1.807, 2.05) is 24.3 Å². The highest BCUT2D eigenvalue weighted by atomic mass is 79.9. The van der Waals surface area contributed by atoms with Gasteiger partial charge in [0.25, 0.3) is 11.6 Å². The van der Waals surface area contributed by atoms with Crippen molar-refractivity contribution in [3.8, 4) is 11.4 Å². The maximum atomic E-state index is 12.8. The fourth-order valence-corrected chi connectivity index (χ4v) is 3.45. The van der Waals surface area contributed by atoms with Crippen molar-refractivity contribution >= 4 is 33.2 Å². The van der Waals surface area contributed by atoms with E-state index in [0.29, 0.717) is 24.5 Å². The molecule has 4 rings (SSSR count). The summed E-state index contributed by atoms with van der Waals surface area (Å²) in [5, 5.41) is 23.2. The largest absolute Gasteiger partial charge is 0.310 e. The number of halogens is 1. The predicted molar refractivity (Wildman–Crippen MR) is 105 cm³/mol. The lowest BCUT2D eigenvalue weighted by Gasteiger charge is -2.29. The fraction of sp³-hybridized carbons (Fsp3) is 0.222. The van der Waals surface area contributed by atoms with Crippen LogP contribution in [0, 0.1) is 10.1 Å². The molecule has 0 bridgehead atoms. The number of tetrazole rings is 1. The van der Waals surface area contributed by atoms with Crippen molar-refractivity contribution in [2.75, 3.05) is 11.4 Å². The van der Waals surface area contributed by atoms with Crippen LogP contribution in [0.2, 0.25) is 0 Å². The number of fused-ring (bicyclic) bond motifs is 1. The van der Waals surface area contributed by atoms with Gasteiger partial charge in [0.15, 0.2) is 0 Å². The first-order chi connectivity index (χ1) is 13.5. The van der Waals surface area contributed by atoms with E-state index in [1.54, 1.807) is 11.0 Å². The molecular formula is C18H15BrN6O3. The molecule has 0 radical (unpaired) electrons. The minimum atomic E-state index is -0.427. The van der Waals surface area contributed by atoms with E-state index < -0.39 is 4.92 Å². The zero-order valence-corrected chi connectivity index (χ0v) is 16.2. The van der Waals surface area contributed by atoms with Gasteiger partial charge < -0.3 is 4.90 Å². The number of carbonyl (C=O) groups is 1. The van der Waals surface area contributed by atoms with Crippen LogP contribution in [0.15, 0.2) is 46.9 Å². The lowest BCUT2D eigenvalue weighted by Crippen LogP contribution is -2.38. The van der Waals surface area contributed by atoms with Crippen LogP contribution in [0.4, 0.5) is 11.4 Å². The minimum absolute atomic E-state index is 0.0325. The smallest absolute Gasteiger partial charge is 0.269 e. The quantitative estimate of drug-likeness (QED) is 0.453. The number of carbonyl (C=O) groups excluding carboxylic acids is 1. The third-order valence-electron chi connectivity index (χ3n) is 4.53. The third kappa shape index (κ3) is 3.63. The van der Waals surface area contributed by atoms with E-state index in [2.05, 4.69) is 31.3 Å². The molecule has 28 heavy (non-hydrogen) atoms. The number of nitro benzene ring substituents is 1. The van der Waals surface area contributed by atoms with E-state index in [9.17, 15) is 14.9 Å². The fourth-order valence-electron chi connectivity index (χ4n) is 3.19. The number of aryl methyl sites for hydroxylation is 1. The van der Waals surface area contributed by atoms with Crippen molar-refractivity contribution in [2.24, 2.45) is 0 Å². The summed E-state index contributed by atoms with van der Waals surface area (Å²) < 4.78 is 0.947. The average molecular weight is 443 g/mol. The Labute approximate surface area is 168 Å². The summed E-state index contributed by atoms with van der Waals surface area (Å²) in [6.07, 6.45) is 1.45. The normalized spacial score (nSPS) is 13.2. The molecule has 1 aliphatic heterocycles. The van der Waals surface area contributed by atoms with Crippen molar-refractivity contribution in [1.82, 2.24) is 20.2 Å². The van der Waals surface area contributed by atoms with E-state index in [4.69, 9.17) is 0 Å². The van der Waals surface area contributed by atoms with Crippen LogP contribution in [-0.2, 0) is 17.8 Å². The van der Waals surface area contributed by atoms with Crippen LogP contribution in [0.1, 0.15) is 12.0 Å². The van der Waals surface area contributed by atoms with Crippen molar-refractivity contribution < 1.29 is 9.72 Å². The molecule has 0 fully saturated rings. The number of hydrogen-bond donors (Lipinski definition) is 0. The van der Waals surface area contributed by atoms with Gasteiger partial charge in [-0.3, -0.25) is 14.9 Å². The van der Waals surface area contributed by atoms with E-state index in [1.165, 1.54) is 16.9 Å². The van der Waals surface area contributed by atoms with Gasteiger partial charge in [0.2, 0.25) is 5.82 Å². The highest BCUT2D eigenvalue weighted by molar-refractivity contribution is 9.10. The summed E-state index contributed by atoms with van der Waals surface area (Å²) >= 11 is 3.38. The van der Waals surface area contributed by atoms with Gasteiger partial charge in [0.1, 0.15) is 6.54 Å². The van der Waals surface area contributed by atoms with E-state index >= 15 is 0 Å². The topological polar surface area (TPSA) is 107 Å². The number of nitrogens with zero attached hydrogens (tertiary/aromatic N) is 6. The second kappa shape index (κ2) is 7.47. The molecule has 1 aliphatic rings. The second-order valence-electron chi connectivity index (χ2n) is 6.37. The third-order valence-corrected chi connectivity index (χ3v) is 5.05. The Kier molecular flexibility index (Phi) is 4.86. The van der Waals surface area contributed by atoms with E-state index in [-0.39, 0.29) is 18.1 Å². The first-order valence-corrected chi connectivity index (χ1v) is 9.42. The van der Waals surface area contributed by atoms with Gasteiger partial charge in [-0.2, -0.15) is 4.80 Å². The number of rotatable bonds is 4. The average Bonchev–Trinajstić information content (AvgIpc) is 3.16. The molecule has 0 spiro atoms. The highest BCUT2D eigenvalue weighted by Crippen LogP contribution is 2.30. The molecule has 1 amide bonds. The summed E-state index contributed by atoms with van der Waals surface area (Å²) in [6.45, 7) is 0.498. The van der Waals surface area contributed by atoms with Crippen LogP contribution >= 0.6 is 15.9 Å². The van der Waals surface area contributed by atoms with Crippen molar-refractivity contribution in [2.45, 2.75) is 19.4 Å². The first kappa shape index (κ1) is 18.2. The molecule has 0 saturated carbocycles. The SMILES string of the molecule is O=C(Cn1nnc(-c2ccc(Br)cc2)n1)N1CCCc2cc([N+](=O)[O-])ccc21. The summed E-state index contributed by atoms with van der Waals surface area (Å²) in [5.41, 5.74) is 2.34. The number of aromatic nitrogens is 4. The number of hydrogen-bond acceptors (Lipinski definition) is 6. The number of anilines is 1. The Hall–Kier alpha value is -3.14. The number of amides is 1. The van der Waals surface area contributed by atoms with Gasteiger partial charge >= 0.3 is 0 Å². The Morgan fingerprint density at radius 1 is 1.21 bits per heavy atom. The number of benzene rings is 2. The highest BCUT2D eigenvalue weighted by Gasteiger charge is 2.25. The molecule has 10 heteroatoms. The lowest BCUT2D eigenvalue weighted by atomic mass is 10.0. The Morgan fingerprint density at radius 2 is 2.00 bits per heavy atom. The molecule has 0 N–H and O–H groups in total. The van der Waals surface area contributed by atoms with Crippen LogP contribution in [0.3, 0.4) is 0 Å². The molecule has 0 unspecified atom stereocenters. The zero-order valence-electron chi connectivity index (χ0n) is 14.7. The van der Waals surface area contributed by atoms with Crippen LogP contribution in [0.25, 0.3) is 11.4 Å². The number of nitro groups is 1. The molecule has 2 aromatic carbocycles. The molecule has 142 valence electrons. The van der Waals surface area contributed by atoms with Gasteiger partial charge in [-0.25, -0.2) is 0 Å². The van der Waals surface area contributed by atoms with Crippen molar-refractivity contribution in [3.63, 3.8) is 0 Å². The molecule has 3 aromatic rings. The molecule has 0 aliphatic carbocycles. The Morgan fingerprint density at radius 3 is 2.75 bits per heavy atom. The van der Waals surface area contributed by atoms with Crippen LogP contribution < -0.4 is 4.90 Å². The van der Waals surface area contributed by atoms with Gasteiger partial charge in [-0.15, -0.1) is 10.2 Å². The second-order valence-corrected chi connectivity index (χ2v) is 7.29. The van der Waals surface area contributed by atoms with Gasteiger partial charge in [0, 0.05) is 34.4 Å². The van der Waals surface area contributed by atoms with Gasteiger partial charge in [-0.05, 0) is 54.0 Å². The lowest BCUT2D eigenvalue weighted by molar-refractivity contribution is -0.384. The summed E-state index contributed by atoms with van der Waals surface area (Å²) in [6, 6.07) is 12.1. The van der Waals surface area contributed by atoms with Gasteiger partial charge in [-0.1, -0.05) is 15.9 Å². The predicted octanol–water partition coefficient (Wildman–Crippen LogP) is 2.99. The summed E-state index contributed by atoms with van der Waals surface area (Å²) in [5.74, 6) is 0.254. The molecule has 1 aromatic heterocycles. The van der Waals surface area contributed by atoms with Crippen LogP contribution in [-0.4, -0.2) is 37.6 Å². The monoisotopic (exact) mass is 442 g/mol. The zero-order chi connectivity index (χ0) is 19.7. The number of non-ortho nitro benzene ring substituents is 1. The Bertz CT molecular complexity index is 1050. The maximum absolute atomic E-state index is 12.8. The van der Waals surface area contributed by atoms with Crippen LogP contribution in [0.5, 0.6) is 0 Å².